The summed E-state index contributed by atoms with van der Waals surface area (Å²) in [6, 6.07) is 19.3. The minimum Gasteiger partial charge on any atom is -0.378 e. The molecule has 2 aromatic heterocycles. The molecule has 6 rings (SSSR count). The number of aryl methyl sites for hydroxylation is 1. The van der Waals surface area contributed by atoms with E-state index in [9.17, 15) is 9.18 Å². The summed E-state index contributed by atoms with van der Waals surface area (Å²) in [7, 11) is 0. The summed E-state index contributed by atoms with van der Waals surface area (Å²) in [6.45, 7) is 9.46. The van der Waals surface area contributed by atoms with Crippen LogP contribution in [-0.4, -0.2) is 67.8 Å². The number of fused-ring (bicyclic) bond motifs is 1. The number of imidazole rings is 1. The number of rotatable bonds is 7. The topological polar surface area (TPSA) is 66.5 Å². The number of amides is 1. The van der Waals surface area contributed by atoms with Crippen LogP contribution in [0.5, 0.6) is 0 Å². The molecule has 0 bridgehead atoms. The lowest BCUT2D eigenvalue weighted by atomic mass is 10.1. The summed E-state index contributed by atoms with van der Waals surface area (Å²) >= 11 is 0. The zero-order chi connectivity index (χ0) is 27.5. The summed E-state index contributed by atoms with van der Waals surface area (Å²) in [5.74, 6) is -0.326. The summed E-state index contributed by atoms with van der Waals surface area (Å²) in [6.07, 6.45) is 2.65. The first-order chi connectivity index (χ1) is 19.6. The van der Waals surface area contributed by atoms with Crippen LogP contribution in [0.25, 0.3) is 5.65 Å². The monoisotopic (exact) mass is 543 g/mol. The van der Waals surface area contributed by atoms with Gasteiger partial charge in [-0.05, 0) is 48.4 Å². The Morgan fingerprint density at radius 2 is 1.60 bits per heavy atom. The van der Waals surface area contributed by atoms with Crippen LogP contribution >= 0.6 is 0 Å². The molecule has 0 unspecified atom stereocenters. The number of piperazine rings is 1. The second kappa shape index (κ2) is 11.7. The number of halogens is 1. The highest BCUT2D eigenvalue weighted by Crippen LogP contribution is 2.19. The first kappa shape index (κ1) is 26.3. The highest BCUT2D eigenvalue weighted by Gasteiger charge is 2.24. The molecule has 0 radical (unpaired) electrons. The number of carbonyl (C=O) groups excluding carboxylic acids is 1. The number of pyridine rings is 1. The highest BCUT2D eigenvalue weighted by atomic mass is 19.1. The summed E-state index contributed by atoms with van der Waals surface area (Å²) in [4.78, 5) is 24.2. The molecule has 208 valence electrons. The quantitative estimate of drug-likeness (QED) is 0.375. The Morgan fingerprint density at radius 1 is 0.950 bits per heavy atom. The van der Waals surface area contributed by atoms with Crippen LogP contribution in [0.4, 0.5) is 21.5 Å². The molecule has 2 N–H and O–H groups in total. The largest absolute Gasteiger partial charge is 0.378 e. The van der Waals surface area contributed by atoms with E-state index in [1.165, 1.54) is 28.4 Å². The van der Waals surface area contributed by atoms with E-state index in [1.807, 2.05) is 29.7 Å². The minimum atomic E-state index is -0.210. The van der Waals surface area contributed by atoms with Gasteiger partial charge in [0.05, 0.1) is 45.1 Å². The van der Waals surface area contributed by atoms with Crippen molar-refractivity contribution < 1.29 is 18.8 Å². The molecular formula is C31H36FN6O2+. The standard InChI is InChI=1S/C31H35FN6O2/c1-2-28-30(31(39)33-22-23-3-7-25(8-4-23)37-17-19-40-20-18-37)38-12-11-27(21-29(38)34-28)36-15-13-35(14-16-36)26-9-5-24(32)6-10-26/h3-12,21H,2,13-20,22H2,1H3,(H,33,39)/p+1. The molecular weight excluding hydrogens is 507 g/mol. The zero-order valence-electron chi connectivity index (χ0n) is 22.9. The average molecular weight is 544 g/mol. The molecule has 1 amide bonds. The van der Waals surface area contributed by atoms with Crippen LogP contribution < -0.4 is 20.0 Å². The van der Waals surface area contributed by atoms with Crippen LogP contribution in [0.15, 0.2) is 66.9 Å². The lowest BCUT2D eigenvalue weighted by molar-refractivity contribution is -0.833. The van der Waals surface area contributed by atoms with Gasteiger partial charge in [-0.25, -0.2) is 9.37 Å². The van der Waals surface area contributed by atoms with Gasteiger partial charge < -0.3 is 19.9 Å². The number of ether oxygens (including phenoxy) is 1. The fourth-order valence-corrected chi connectivity index (χ4v) is 5.69. The van der Waals surface area contributed by atoms with Gasteiger partial charge >= 0.3 is 0 Å². The lowest BCUT2D eigenvalue weighted by Gasteiger charge is -2.33. The van der Waals surface area contributed by atoms with E-state index in [0.29, 0.717) is 18.7 Å². The van der Waals surface area contributed by atoms with Crippen molar-refractivity contribution in [1.29, 1.82) is 0 Å². The number of hydrogen-bond donors (Lipinski definition) is 2. The van der Waals surface area contributed by atoms with Gasteiger partial charge in [-0.2, -0.15) is 0 Å². The maximum atomic E-state index is 13.3. The summed E-state index contributed by atoms with van der Waals surface area (Å²) in [5, 5.41) is 3.10. The van der Waals surface area contributed by atoms with Gasteiger partial charge in [0.15, 0.2) is 0 Å². The van der Waals surface area contributed by atoms with Crippen molar-refractivity contribution in [3.63, 3.8) is 0 Å². The maximum absolute atomic E-state index is 13.3. The van der Waals surface area contributed by atoms with E-state index >= 15 is 0 Å². The Hall–Kier alpha value is -3.95. The van der Waals surface area contributed by atoms with Crippen LogP contribution in [-0.2, 0) is 17.7 Å². The molecule has 2 aromatic carbocycles. The molecule has 8 nitrogen and oxygen atoms in total. The molecule has 0 spiro atoms. The molecule has 9 heteroatoms. The molecule has 2 aliphatic rings. The first-order valence-electron chi connectivity index (χ1n) is 14.2. The maximum Gasteiger partial charge on any atom is 0.270 e. The highest BCUT2D eigenvalue weighted by molar-refractivity contribution is 5.94. The molecule has 0 atom stereocenters. The number of aromatic nitrogens is 2. The number of anilines is 2. The third-order valence-electron chi connectivity index (χ3n) is 7.98. The number of carbonyl (C=O) groups is 1. The number of nitrogens with one attached hydrogen (secondary N) is 2. The van der Waals surface area contributed by atoms with Crippen LogP contribution in [0, 0.1) is 5.82 Å². The van der Waals surface area contributed by atoms with E-state index in [-0.39, 0.29) is 11.7 Å². The van der Waals surface area contributed by atoms with Crippen molar-refractivity contribution in [3.05, 3.63) is 89.6 Å². The Bertz CT molecular complexity index is 1460. The summed E-state index contributed by atoms with van der Waals surface area (Å²) in [5.41, 5.74) is 6.67. The Balaban J connectivity index is 1.11. The van der Waals surface area contributed by atoms with Gasteiger partial charge in [-0.3, -0.25) is 14.1 Å². The number of benzene rings is 2. The zero-order valence-corrected chi connectivity index (χ0v) is 22.9. The minimum absolute atomic E-state index is 0.116. The molecule has 4 heterocycles. The number of morpholine rings is 1. The average Bonchev–Trinajstić information content (AvgIpc) is 3.39. The van der Waals surface area contributed by atoms with Crippen molar-refractivity contribution in [2.75, 3.05) is 62.3 Å². The van der Waals surface area contributed by atoms with E-state index in [2.05, 4.69) is 51.5 Å². The number of hydrogen-bond acceptors (Lipinski definition) is 5. The van der Waals surface area contributed by atoms with Crippen molar-refractivity contribution in [3.8, 4) is 0 Å². The van der Waals surface area contributed by atoms with E-state index < -0.39 is 0 Å². The molecule has 2 aliphatic heterocycles. The Kier molecular flexibility index (Phi) is 7.66. The van der Waals surface area contributed by atoms with Crippen LogP contribution in [0.1, 0.15) is 28.7 Å². The van der Waals surface area contributed by atoms with Gasteiger partial charge in [-0.1, -0.05) is 19.1 Å². The van der Waals surface area contributed by atoms with Gasteiger partial charge in [0, 0.05) is 49.3 Å². The fraction of sp³-hybridized carbons (Fsp3) is 0.355. The smallest absolute Gasteiger partial charge is 0.270 e. The molecule has 4 aromatic rings. The fourth-order valence-electron chi connectivity index (χ4n) is 5.69. The predicted octanol–water partition coefficient (Wildman–Crippen LogP) is 2.84. The van der Waals surface area contributed by atoms with Gasteiger partial charge in [0.25, 0.3) is 5.91 Å². The van der Waals surface area contributed by atoms with Crippen molar-refractivity contribution in [1.82, 2.24) is 14.7 Å². The second-order valence-corrected chi connectivity index (χ2v) is 10.4. The van der Waals surface area contributed by atoms with Crippen molar-refractivity contribution in [2.45, 2.75) is 19.9 Å². The van der Waals surface area contributed by atoms with Gasteiger partial charge in [-0.15, -0.1) is 0 Å². The Morgan fingerprint density at radius 3 is 2.27 bits per heavy atom. The third-order valence-corrected chi connectivity index (χ3v) is 7.98. The first-order valence-corrected chi connectivity index (χ1v) is 14.2. The van der Waals surface area contributed by atoms with Crippen LogP contribution in [0.2, 0.25) is 0 Å². The second-order valence-electron chi connectivity index (χ2n) is 10.4. The molecule has 0 saturated carbocycles. The molecule has 2 saturated heterocycles. The lowest BCUT2D eigenvalue weighted by Crippen LogP contribution is -3.10. The SMILES string of the molecule is CCc1nc2cc([NH+]3CCN(c4ccc(F)cc4)CC3)ccn2c1C(=O)NCc1ccc(N2CCOCC2)cc1. The predicted molar refractivity (Wildman–Crippen MR) is 154 cm³/mol. The Labute approximate surface area is 234 Å². The van der Waals surface area contributed by atoms with E-state index in [1.54, 1.807) is 0 Å². The molecule has 40 heavy (non-hydrogen) atoms. The van der Waals surface area contributed by atoms with Gasteiger partial charge in [0.1, 0.15) is 22.8 Å². The van der Waals surface area contributed by atoms with Gasteiger partial charge in [0.2, 0.25) is 0 Å². The normalized spacial score (nSPS) is 16.4. The van der Waals surface area contributed by atoms with Crippen LogP contribution in [0.3, 0.4) is 0 Å². The third kappa shape index (κ3) is 5.52. The van der Waals surface area contributed by atoms with E-state index in [0.717, 1.165) is 75.1 Å². The number of quaternary nitrogens is 1. The number of nitrogens with zero attached hydrogens (tertiary/aromatic N) is 4. The van der Waals surface area contributed by atoms with Crippen molar-refractivity contribution >= 4 is 28.6 Å². The molecule has 2 fully saturated rings. The van der Waals surface area contributed by atoms with Crippen molar-refractivity contribution in [2.24, 2.45) is 0 Å². The summed E-state index contributed by atoms with van der Waals surface area (Å²) < 4.78 is 20.7. The molecule has 0 aliphatic carbocycles. The van der Waals surface area contributed by atoms with E-state index in [4.69, 9.17) is 9.72 Å².